The molecule has 3 aliphatic carbocycles. The molecular weight excluding hydrogens is 509 g/mol. The van der Waals surface area contributed by atoms with Crippen LogP contribution in [0.2, 0.25) is 0 Å². The first-order valence-corrected chi connectivity index (χ1v) is 13.3. The molecule has 0 aromatic heterocycles. The molecule has 10 nitrogen and oxygen atoms in total. The number of halogens is 1. The number of nitrogens with two attached hydrogens (primary N) is 1. The van der Waals surface area contributed by atoms with Crippen molar-refractivity contribution < 1.29 is 38.6 Å². The highest BCUT2D eigenvalue weighted by molar-refractivity contribution is 6.32. The van der Waals surface area contributed by atoms with Crippen molar-refractivity contribution in [2.24, 2.45) is 29.4 Å². The van der Waals surface area contributed by atoms with Gasteiger partial charge in [-0.3, -0.25) is 33.8 Å². The smallest absolute Gasteiger partial charge is 0.235 e. The van der Waals surface area contributed by atoms with E-state index >= 15 is 4.39 Å². The number of amides is 1. The summed E-state index contributed by atoms with van der Waals surface area (Å²) >= 11 is 0. The van der Waals surface area contributed by atoms with E-state index in [0.29, 0.717) is 6.54 Å². The van der Waals surface area contributed by atoms with E-state index in [-0.39, 0.29) is 42.1 Å². The summed E-state index contributed by atoms with van der Waals surface area (Å²) in [7, 11) is 3.02. The van der Waals surface area contributed by atoms with Crippen molar-refractivity contribution in [2.45, 2.75) is 64.3 Å². The summed E-state index contributed by atoms with van der Waals surface area (Å²) in [5.41, 5.74) is 2.38. The number of rotatable bonds is 7. The molecule has 0 bridgehead atoms. The third-order valence-corrected chi connectivity index (χ3v) is 8.68. The van der Waals surface area contributed by atoms with E-state index in [1.807, 2.05) is 25.7 Å². The fourth-order valence-electron chi connectivity index (χ4n) is 6.85. The van der Waals surface area contributed by atoms with E-state index in [2.05, 4.69) is 0 Å². The van der Waals surface area contributed by atoms with Crippen molar-refractivity contribution in [3.05, 3.63) is 28.6 Å². The molecule has 1 aromatic rings. The molecule has 0 heterocycles. The highest BCUT2D eigenvalue weighted by atomic mass is 19.1. The zero-order valence-electron chi connectivity index (χ0n) is 22.9. The minimum atomic E-state index is -2.80. The van der Waals surface area contributed by atoms with Crippen LogP contribution in [0.4, 0.5) is 4.39 Å². The summed E-state index contributed by atoms with van der Waals surface area (Å²) in [5, 5.41) is 22.4. The van der Waals surface area contributed by atoms with Gasteiger partial charge in [-0.1, -0.05) is 6.92 Å². The summed E-state index contributed by atoms with van der Waals surface area (Å²) in [5.74, 6) is -12.3. The lowest BCUT2D eigenvalue weighted by atomic mass is 9.52. The zero-order chi connectivity index (χ0) is 29.1. The van der Waals surface area contributed by atoms with E-state index in [4.69, 9.17) is 5.73 Å². The summed E-state index contributed by atoms with van der Waals surface area (Å²) in [4.78, 5) is 69.4. The molecule has 2 fully saturated rings. The lowest BCUT2D eigenvalue weighted by molar-refractivity contribution is -0.181. The summed E-state index contributed by atoms with van der Waals surface area (Å²) in [6.07, 6.45) is 0.614. The molecule has 6 atom stereocenters. The van der Waals surface area contributed by atoms with Crippen LogP contribution >= 0.6 is 0 Å². The van der Waals surface area contributed by atoms with Gasteiger partial charge in [0.15, 0.2) is 34.7 Å². The number of fused-ring (bicyclic) bond motifs is 3. The summed E-state index contributed by atoms with van der Waals surface area (Å²) < 4.78 is 15.9. The minimum absolute atomic E-state index is 0.0143. The van der Waals surface area contributed by atoms with E-state index < -0.39 is 75.9 Å². The van der Waals surface area contributed by atoms with Crippen molar-refractivity contribution in [3.8, 4) is 5.75 Å². The quantitative estimate of drug-likeness (QED) is 0.418. The normalized spacial score (nSPS) is 30.6. The molecule has 1 amide bonds. The largest absolute Gasteiger partial charge is 0.507 e. The fourth-order valence-corrected chi connectivity index (χ4v) is 6.85. The third-order valence-electron chi connectivity index (χ3n) is 8.68. The van der Waals surface area contributed by atoms with Gasteiger partial charge in [-0.2, -0.15) is 0 Å². The molecule has 0 radical (unpaired) electrons. The average Bonchev–Trinajstić information content (AvgIpc) is 2.83. The molecule has 0 saturated heterocycles. The van der Waals surface area contributed by atoms with Crippen LogP contribution in [0.15, 0.2) is 6.07 Å². The predicted octanol–water partition coefficient (Wildman–Crippen LogP) is 0.627. The van der Waals surface area contributed by atoms with Gasteiger partial charge in [0.05, 0.1) is 17.5 Å². The monoisotopic (exact) mass is 545 g/mol. The van der Waals surface area contributed by atoms with Gasteiger partial charge < -0.3 is 15.9 Å². The second-order valence-corrected chi connectivity index (χ2v) is 11.6. The molecule has 0 aliphatic heterocycles. The average molecular weight is 546 g/mol. The number of ketones is 4. The van der Waals surface area contributed by atoms with Crippen LogP contribution in [0, 0.1) is 29.5 Å². The van der Waals surface area contributed by atoms with Crippen LogP contribution in [0.25, 0.3) is 0 Å². The molecule has 1 aromatic carbocycles. The van der Waals surface area contributed by atoms with Gasteiger partial charge in [0.25, 0.3) is 0 Å². The maximum atomic E-state index is 15.9. The maximum absolute atomic E-state index is 15.9. The standard InChI is InChI=1S/C28H36FN3O7/c1-6-7-32(12(2)3)11-14-10-17(33)19-15(21(14)29)8-13-9-16-22(31(4)5)24(35)20(27(30)38)26(37)28(16,39)25(36)18(13)23(19)34/h10,12-13,16,18,20,22,33,39H,6-9,11H2,1-5H3,(H2,30,38)/t13-,16-,18?,20?,22-,28-/m0/s1. The predicted molar refractivity (Wildman–Crippen MR) is 137 cm³/mol. The zero-order valence-corrected chi connectivity index (χ0v) is 22.9. The van der Waals surface area contributed by atoms with Crippen LogP contribution < -0.4 is 5.73 Å². The van der Waals surface area contributed by atoms with E-state index in [1.54, 1.807) is 0 Å². The molecule has 0 spiro atoms. The first-order chi connectivity index (χ1) is 18.2. The number of Topliss-reactive ketones (excluding diaryl/α,β-unsaturated/α-hetero) is 4. The van der Waals surface area contributed by atoms with Crippen LogP contribution in [0.5, 0.6) is 5.75 Å². The van der Waals surface area contributed by atoms with E-state index in [1.165, 1.54) is 25.1 Å². The number of primary amides is 1. The second-order valence-electron chi connectivity index (χ2n) is 11.6. The number of carbonyl (C=O) groups is 5. The van der Waals surface area contributed by atoms with Crippen molar-refractivity contribution in [2.75, 3.05) is 20.6 Å². The molecule has 2 saturated carbocycles. The van der Waals surface area contributed by atoms with Crippen molar-refractivity contribution in [3.63, 3.8) is 0 Å². The molecule has 2 unspecified atom stereocenters. The molecule has 39 heavy (non-hydrogen) atoms. The van der Waals surface area contributed by atoms with Crippen LogP contribution in [0.1, 0.15) is 55.1 Å². The fraction of sp³-hybridized carbons (Fsp3) is 0.607. The van der Waals surface area contributed by atoms with E-state index in [9.17, 15) is 34.2 Å². The van der Waals surface area contributed by atoms with Crippen molar-refractivity contribution in [1.82, 2.24) is 9.80 Å². The number of hydrogen-bond acceptors (Lipinski definition) is 9. The minimum Gasteiger partial charge on any atom is -0.507 e. The Kier molecular flexibility index (Phi) is 7.57. The SMILES string of the molecule is CCCN(Cc1cc(O)c2c(c1F)C[C@H]1C[C@H]3[C@H](N(C)C)C(=O)C(C(N)=O)C(=O)[C@@]3(O)C(=O)C1C2=O)C(C)C. The number of hydrogen-bond donors (Lipinski definition) is 3. The van der Waals surface area contributed by atoms with Gasteiger partial charge in [-0.15, -0.1) is 0 Å². The Morgan fingerprint density at radius 3 is 2.38 bits per heavy atom. The van der Waals surface area contributed by atoms with Crippen LogP contribution in [0.3, 0.4) is 0 Å². The third kappa shape index (κ3) is 4.31. The Bertz CT molecular complexity index is 1260. The Labute approximate surface area is 226 Å². The van der Waals surface area contributed by atoms with Gasteiger partial charge in [-0.25, -0.2) is 4.39 Å². The van der Waals surface area contributed by atoms with Gasteiger partial charge in [0, 0.05) is 29.6 Å². The van der Waals surface area contributed by atoms with Gasteiger partial charge in [-0.05, 0) is 65.7 Å². The highest BCUT2D eigenvalue weighted by Crippen LogP contribution is 2.51. The number of phenolic OH excluding ortho intramolecular Hbond substituents is 1. The number of aromatic hydroxyl groups is 1. The number of aliphatic hydroxyl groups is 1. The first-order valence-electron chi connectivity index (χ1n) is 13.3. The molecule has 3 aliphatic rings. The van der Waals surface area contributed by atoms with Gasteiger partial charge in [0.2, 0.25) is 5.91 Å². The lowest BCUT2D eigenvalue weighted by Crippen LogP contribution is -2.74. The Morgan fingerprint density at radius 2 is 1.85 bits per heavy atom. The lowest BCUT2D eigenvalue weighted by Gasteiger charge is -2.52. The van der Waals surface area contributed by atoms with Crippen molar-refractivity contribution >= 4 is 29.0 Å². The molecule has 11 heteroatoms. The molecular formula is C28H36FN3O7. The topological polar surface area (TPSA) is 158 Å². The van der Waals surface area contributed by atoms with Crippen LogP contribution in [-0.2, 0) is 32.1 Å². The Morgan fingerprint density at radius 1 is 1.21 bits per heavy atom. The van der Waals surface area contributed by atoms with Gasteiger partial charge >= 0.3 is 0 Å². The first kappa shape index (κ1) is 29.0. The van der Waals surface area contributed by atoms with Crippen LogP contribution in [-0.4, -0.2) is 87.4 Å². The molecule has 212 valence electrons. The Hall–Kier alpha value is -3.02. The van der Waals surface area contributed by atoms with E-state index in [0.717, 1.165) is 6.42 Å². The highest BCUT2D eigenvalue weighted by Gasteiger charge is 2.69. The molecule has 4 N–H and O–H groups in total. The van der Waals surface area contributed by atoms with Crippen molar-refractivity contribution in [1.29, 1.82) is 0 Å². The number of phenols is 1. The Balaban J connectivity index is 1.81. The number of benzene rings is 1. The maximum Gasteiger partial charge on any atom is 0.235 e. The number of carbonyl (C=O) groups excluding carboxylic acids is 5. The number of nitrogens with zero attached hydrogens (tertiary/aromatic N) is 2. The molecule has 4 rings (SSSR count). The summed E-state index contributed by atoms with van der Waals surface area (Å²) in [6.45, 7) is 6.87. The second kappa shape index (κ2) is 10.2. The summed E-state index contributed by atoms with van der Waals surface area (Å²) in [6, 6.07) is 0.0957. The number of likely N-dealkylation sites (N-methyl/N-ethyl adjacent to an activating group) is 1. The van der Waals surface area contributed by atoms with Gasteiger partial charge in [0.1, 0.15) is 11.6 Å².